The van der Waals surface area contributed by atoms with Crippen molar-refractivity contribution in [3.8, 4) is 11.5 Å². The maximum absolute atomic E-state index is 11.3. The van der Waals surface area contributed by atoms with Crippen molar-refractivity contribution in [2.24, 2.45) is 0 Å². The summed E-state index contributed by atoms with van der Waals surface area (Å²) in [5, 5.41) is 17.2. The molecule has 0 spiro atoms. The Labute approximate surface area is 129 Å². The van der Waals surface area contributed by atoms with Gasteiger partial charge in [-0.05, 0) is 48.5 Å². The van der Waals surface area contributed by atoms with E-state index >= 15 is 0 Å². The molecule has 0 aliphatic heterocycles. The summed E-state index contributed by atoms with van der Waals surface area (Å²) in [7, 11) is 0. The lowest BCUT2D eigenvalue weighted by Crippen LogP contribution is -2.12. The maximum Gasteiger partial charge on any atom is 0.377 e. The number of hydrogen-bond acceptors (Lipinski definition) is 5. The number of carboxylic acid groups (broad SMARTS) is 2. The summed E-state index contributed by atoms with van der Waals surface area (Å²) < 4.78 is 5.45. The number of ketones is 2. The van der Waals surface area contributed by atoms with Crippen LogP contribution < -0.4 is 4.74 Å². The Morgan fingerprint density at radius 2 is 0.913 bits per heavy atom. The Bertz CT molecular complexity index is 706. The molecule has 0 saturated carbocycles. The lowest BCUT2D eigenvalue weighted by Gasteiger charge is -2.06. The van der Waals surface area contributed by atoms with Gasteiger partial charge in [0.25, 0.3) is 11.6 Å². The molecule has 2 aromatic carbocycles. The van der Waals surface area contributed by atoms with Crippen LogP contribution in [0.5, 0.6) is 11.5 Å². The molecule has 0 radical (unpaired) electrons. The molecule has 7 heteroatoms. The van der Waals surface area contributed by atoms with Gasteiger partial charge in [0.2, 0.25) is 0 Å². The van der Waals surface area contributed by atoms with Gasteiger partial charge in [0, 0.05) is 11.1 Å². The number of aliphatic carboxylic acids is 2. The Kier molecular flexibility index (Phi) is 4.51. The highest BCUT2D eigenvalue weighted by Gasteiger charge is 2.15. The maximum atomic E-state index is 11.3. The van der Waals surface area contributed by atoms with Crippen molar-refractivity contribution in [2.75, 3.05) is 0 Å². The second-order valence-electron chi connectivity index (χ2n) is 4.42. The summed E-state index contributed by atoms with van der Waals surface area (Å²) in [5.41, 5.74) is 0.0412. The highest BCUT2D eigenvalue weighted by atomic mass is 16.5. The van der Waals surface area contributed by atoms with Gasteiger partial charge in [-0.25, -0.2) is 9.59 Å². The van der Waals surface area contributed by atoms with E-state index in [2.05, 4.69) is 0 Å². The Morgan fingerprint density at radius 3 is 1.17 bits per heavy atom. The molecule has 23 heavy (non-hydrogen) atoms. The second-order valence-corrected chi connectivity index (χ2v) is 4.42. The standard InChI is InChI=1S/C16H10O7/c17-13(15(19)20)9-1-5-11(6-2-9)23-12-7-3-10(4-8-12)14(18)16(21)22/h1-8H,(H,19,20)(H,21,22). The third kappa shape index (κ3) is 3.79. The molecule has 0 saturated heterocycles. The fourth-order valence-corrected chi connectivity index (χ4v) is 1.73. The molecule has 0 aliphatic rings. The van der Waals surface area contributed by atoms with Crippen LogP contribution in [0.4, 0.5) is 0 Å². The molecule has 0 unspecified atom stereocenters. The van der Waals surface area contributed by atoms with Crippen LogP contribution in [-0.2, 0) is 9.59 Å². The van der Waals surface area contributed by atoms with E-state index in [9.17, 15) is 19.2 Å². The fraction of sp³-hybridized carbons (Fsp3) is 0. The van der Waals surface area contributed by atoms with E-state index in [4.69, 9.17) is 14.9 Å². The van der Waals surface area contributed by atoms with Gasteiger partial charge in [-0.1, -0.05) is 0 Å². The summed E-state index contributed by atoms with van der Waals surface area (Å²) in [4.78, 5) is 43.6. The van der Waals surface area contributed by atoms with Gasteiger partial charge in [0.1, 0.15) is 11.5 Å². The summed E-state index contributed by atoms with van der Waals surface area (Å²) in [6.45, 7) is 0. The van der Waals surface area contributed by atoms with E-state index in [1.54, 1.807) is 0 Å². The molecule has 7 nitrogen and oxygen atoms in total. The summed E-state index contributed by atoms with van der Waals surface area (Å²) in [5.74, 6) is -4.43. The minimum atomic E-state index is -1.54. The quantitative estimate of drug-likeness (QED) is 0.618. The predicted octanol–water partition coefficient (Wildman–Crippen LogP) is 2.01. The van der Waals surface area contributed by atoms with Gasteiger partial charge in [0.15, 0.2) is 0 Å². The monoisotopic (exact) mass is 314 g/mol. The van der Waals surface area contributed by atoms with Crippen LogP contribution in [0, 0.1) is 0 Å². The van der Waals surface area contributed by atoms with Crippen molar-refractivity contribution >= 4 is 23.5 Å². The molecule has 116 valence electrons. The molecular formula is C16H10O7. The zero-order valence-electron chi connectivity index (χ0n) is 11.6. The van der Waals surface area contributed by atoms with E-state index in [0.29, 0.717) is 11.5 Å². The zero-order valence-corrected chi connectivity index (χ0v) is 11.6. The Balaban J connectivity index is 2.10. The topological polar surface area (TPSA) is 118 Å². The summed E-state index contributed by atoms with van der Waals surface area (Å²) in [6.07, 6.45) is 0. The number of carbonyl (C=O) groups excluding carboxylic acids is 2. The van der Waals surface area contributed by atoms with Gasteiger partial charge in [-0.2, -0.15) is 0 Å². The first-order valence-corrected chi connectivity index (χ1v) is 6.31. The van der Waals surface area contributed by atoms with Crippen LogP contribution in [0.3, 0.4) is 0 Å². The van der Waals surface area contributed by atoms with E-state index < -0.39 is 23.5 Å². The van der Waals surface area contributed by atoms with E-state index in [1.807, 2.05) is 0 Å². The molecular weight excluding hydrogens is 304 g/mol. The van der Waals surface area contributed by atoms with E-state index in [0.717, 1.165) is 0 Å². The van der Waals surface area contributed by atoms with Crippen molar-refractivity contribution in [3.05, 3.63) is 59.7 Å². The van der Waals surface area contributed by atoms with Crippen molar-refractivity contribution in [2.45, 2.75) is 0 Å². The normalized spacial score (nSPS) is 9.91. The van der Waals surface area contributed by atoms with Gasteiger partial charge in [0.05, 0.1) is 0 Å². The fourth-order valence-electron chi connectivity index (χ4n) is 1.73. The first-order valence-electron chi connectivity index (χ1n) is 6.31. The first kappa shape index (κ1) is 15.9. The number of benzene rings is 2. The van der Waals surface area contributed by atoms with Crippen LogP contribution in [0.25, 0.3) is 0 Å². The third-order valence-electron chi connectivity index (χ3n) is 2.86. The molecule has 2 aromatic rings. The number of carbonyl (C=O) groups is 4. The van der Waals surface area contributed by atoms with E-state index in [1.165, 1.54) is 48.5 Å². The Morgan fingerprint density at radius 1 is 0.609 bits per heavy atom. The van der Waals surface area contributed by atoms with E-state index in [-0.39, 0.29) is 11.1 Å². The lowest BCUT2D eigenvalue weighted by molar-refractivity contribution is -0.132. The van der Waals surface area contributed by atoms with Crippen LogP contribution in [0.2, 0.25) is 0 Å². The molecule has 0 atom stereocenters. The minimum Gasteiger partial charge on any atom is -0.475 e. The summed E-state index contributed by atoms with van der Waals surface area (Å²) in [6, 6.07) is 10.9. The highest BCUT2D eigenvalue weighted by molar-refractivity contribution is 6.40. The van der Waals surface area contributed by atoms with Crippen LogP contribution in [0.1, 0.15) is 20.7 Å². The average Bonchev–Trinajstić information content (AvgIpc) is 2.54. The van der Waals surface area contributed by atoms with Crippen molar-refractivity contribution in [1.82, 2.24) is 0 Å². The number of Topliss-reactive ketones (excluding diaryl/α,β-unsaturated/α-hetero) is 2. The SMILES string of the molecule is O=C(O)C(=O)c1ccc(Oc2ccc(C(=O)C(=O)O)cc2)cc1. The molecule has 0 amide bonds. The average molecular weight is 314 g/mol. The van der Waals surface area contributed by atoms with Crippen molar-refractivity contribution < 1.29 is 34.1 Å². The predicted molar refractivity (Wildman–Crippen MR) is 76.9 cm³/mol. The number of hydrogen-bond donors (Lipinski definition) is 2. The number of rotatable bonds is 6. The molecule has 0 bridgehead atoms. The smallest absolute Gasteiger partial charge is 0.377 e. The first-order chi connectivity index (χ1) is 10.9. The zero-order chi connectivity index (χ0) is 17.0. The molecule has 0 heterocycles. The molecule has 0 aliphatic carbocycles. The van der Waals surface area contributed by atoms with Crippen molar-refractivity contribution in [3.63, 3.8) is 0 Å². The van der Waals surface area contributed by atoms with Crippen molar-refractivity contribution in [1.29, 1.82) is 0 Å². The van der Waals surface area contributed by atoms with Gasteiger partial charge in [-0.3, -0.25) is 9.59 Å². The second kappa shape index (κ2) is 6.52. The highest BCUT2D eigenvalue weighted by Crippen LogP contribution is 2.22. The molecule has 0 fully saturated rings. The minimum absolute atomic E-state index is 0.0206. The molecule has 0 aromatic heterocycles. The summed E-state index contributed by atoms with van der Waals surface area (Å²) >= 11 is 0. The lowest BCUT2D eigenvalue weighted by atomic mass is 10.1. The van der Waals surface area contributed by atoms with Crippen LogP contribution in [0.15, 0.2) is 48.5 Å². The van der Waals surface area contributed by atoms with Gasteiger partial charge < -0.3 is 14.9 Å². The molecule has 2 rings (SSSR count). The number of ether oxygens (including phenoxy) is 1. The van der Waals surface area contributed by atoms with Gasteiger partial charge in [-0.15, -0.1) is 0 Å². The van der Waals surface area contributed by atoms with Crippen LogP contribution in [-0.4, -0.2) is 33.7 Å². The third-order valence-corrected chi connectivity index (χ3v) is 2.86. The Hall–Kier alpha value is -3.48. The van der Waals surface area contributed by atoms with Crippen LogP contribution >= 0.6 is 0 Å². The van der Waals surface area contributed by atoms with Gasteiger partial charge >= 0.3 is 11.9 Å². The number of carboxylic acids is 2. The molecule has 2 N–H and O–H groups in total. The largest absolute Gasteiger partial charge is 0.475 e.